The van der Waals surface area contributed by atoms with Crippen molar-refractivity contribution in [1.82, 2.24) is 5.48 Å². The maximum Gasteiger partial charge on any atom is 0.160 e. The number of Topliss-reactive ketones (excluding diaryl/α,β-unsaturated/α-hetero) is 1. The second-order valence-electron chi connectivity index (χ2n) is 6.51. The van der Waals surface area contributed by atoms with Gasteiger partial charge in [0, 0.05) is 5.54 Å². The lowest BCUT2D eigenvalue weighted by Crippen LogP contribution is -2.43. The first kappa shape index (κ1) is 19.6. The molecular formula is C17H35NO2. The Balaban J connectivity index is 3.90. The number of hydroxylamine groups is 1. The zero-order valence-corrected chi connectivity index (χ0v) is 14.3. The molecule has 1 atom stereocenters. The molecule has 0 saturated carbocycles. The van der Waals surface area contributed by atoms with Gasteiger partial charge in [-0.3, -0.25) is 9.63 Å². The van der Waals surface area contributed by atoms with Crippen molar-refractivity contribution in [3.8, 4) is 0 Å². The van der Waals surface area contributed by atoms with Gasteiger partial charge in [0.25, 0.3) is 0 Å². The molecule has 1 unspecified atom stereocenters. The number of hydrogen-bond acceptors (Lipinski definition) is 3. The number of unbranched alkanes of at least 4 members (excludes halogenated alkanes) is 5. The quantitative estimate of drug-likeness (QED) is 0.390. The molecule has 120 valence electrons. The van der Waals surface area contributed by atoms with Crippen LogP contribution < -0.4 is 5.48 Å². The fourth-order valence-corrected chi connectivity index (χ4v) is 2.36. The average molecular weight is 285 g/mol. The van der Waals surface area contributed by atoms with E-state index in [-0.39, 0.29) is 17.4 Å². The third-order valence-corrected chi connectivity index (χ3v) is 3.63. The third-order valence-electron chi connectivity index (χ3n) is 3.63. The van der Waals surface area contributed by atoms with E-state index in [0.29, 0.717) is 0 Å². The third kappa shape index (κ3) is 10.4. The predicted octanol–water partition coefficient (Wildman–Crippen LogP) is 4.79. The standard InChI is InChI=1S/C17H35NO2/c1-6-8-9-10-11-12-13-16(15(3)19)20-18-17(4,5)14-7-2/h16,18H,6-14H2,1-5H3. The number of nitrogens with one attached hydrogen (secondary N) is 1. The van der Waals surface area contributed by atoms with Crippen LogP contribution in [0.1, 0.15) is 92.4 Å². The van der Waals surface area contributed by atoms with Gasteiger partial charge in [0.2, 0.25) is 0 Å². The van der Waals surface area contributed by atoms with Crippen molar-refractivity contribution in [2.24, 2.45) is 0 Å². The van der Waals surface area contributed by atoms with Gasteiger partial charge in [-0.2, -0.15) is 5.48 Å². The Morgan fingerprint density at radius 3 is 2.20 bits per heavy atom. The monoisotopic (exact) mass is 285 g/mol. The van der Waals surface area contributed by atoms with Crippen LogP contribution in [-0.4, -0.2) is 17.4 Å². The highest BCUT2D eigenvalue weighted by Crippen LogP contribution is 2.14. The number of carbonyl (C=O) groups is 1. The molecule has 0 fully saturated rings. The Bertz CT molecular complexity index is 251. The molecular weight excluding hydrogens is 250 g/mol. The smallest absolute Gasteiger partial charge is 0.160 e. The highest BCUT2D eigenvalue weighted by molar-refractivity contribution is 5.80. The first-order valence-electron chi connectivity index (χ1n) is 8.36. The first-order valence-corrected chi connectivity index (χ1v) is 8.36. The Morgan fingerprint density at radius 1 is 1.05 bits per heavy atom. The van der Waals surface area contributed by atoms with Crippen LogP contribution in [0, 0.1) is 0 Å². The van der Waals surface area contributed by atoms with Crippen LogP contribution >= 0.6 is 0 Å². The Kier molecular flexibility index (Phi) is 11.0. The van der Waals surface area contributed by atoms with Gasteiger partial charge in [-0.15, -0.1) is 0 Å². The molecule has 0 amide bonds. The summed E-state index contributed by atoms with van der Waals surface area (Å²) in [5, 5.41) is 0. The maximum atomic E-state index is 11.6. The highest BCUT2D eigenvalue weighted by Gasteiger charge is 2.21. The van der Waals surface area contributed by atoms with Crippen LogP contribution in [0.4, 0.5) is 0 Å². The molecule has 0 aromatic heterocycles. The van der Waals surface area contributed by atoms with E-state index in [1.165, 1.54) is 32.1 Å². The molecule has 0 aromatic rings. The molecule has 3 nitrogen and oxygen atoms in total. The molecule has 20 heavy (non-hydrogen) atoms. The van der Waals surface area contributed by atoms with Gasteiger partial charge in [-0.25, -0.2) is 0 Å². The lowest BCUT2D eigenvalue weighted by molar-refractivity contribution is -0.139. The lowest BCUT2D eigenvalue weighted by atomic mass is 10.0. The van der Waals surface area contributed by atoms with Crippen LogP contribution in [0.5, 0.6) is 0 Å². The minimum absolute atomic E-state index is 0.0659. The molecule has 0 aliphatic rings. The number of ketones is 1. The zero-order valence-electron chi connectivity index (χ0n) is 14.3. The van der Waals surface area contributed by atoms with Crippen molar-refractivity contribution in [2.45, 2.75) is 104 Å². The molecule has 0 bridgehead atoms. The van der Waals surface area contributed by atoms with E-state index in [4.69, 9.17) is 4.84 Å². The summed E-state index contributed by atoms with van der Waals surface area (Å²) in [6, 6.07) is 0. The summed E-state index contributed by atoms with van der Waals surface area (Å²) in [6.45, 7) is 10.2. The second kappa shape index (κ2) is 11.3. The minimum atomic E-state index is -0.294. The molecule has 0 aromatic carbocycles. The molecule has 0 radical (unpaired) electrons. The molecule has 0 aliphatic heterocycles. The first-order chi connectivity index (χ1) is 9.43. The SMILES string of the molecule is CCCCCCCCC(ONC(C)(C)CCC)C(C)=O. The summed E-state index contributed by atoms with van der Waals surface area (Å²) in [4.78, 5) is 17.3. The predicted molar refractivity (Wildman–Crippen MR) is 85.7 cm³/mol. The average Bonchev–Trinajstić information content (AvgIpc) is 2.36. The summed E-state index contributed by atoms with van der Waals surface area (Å²) < 4.78 is 0. The normalized spacial score (nSPS) is 13.4. The molecule has 3 heteroatoms. The fourth-order valence-electron chi connectivity index (χ4n) is 2.36. The van der Waals surface area contributed by atoms with Gasteiger partial charge in [-0.05, 0) is 33.6 Å². The van der Waals surface area contributed by atoms with Crippen LogP contribution in [-0.2, 0) is 9.63 Å². The molecule has 0 aliphatic carbocycles. The summed E-state index contributed by atoms with van der Waals surface area (Å²) in [5.74, 6) is 0.123. The molecule has 1 N–H and O–H groups in total. The Labute approximate surface area is 125 Å². The van der Waals surface area contributed by atoms with Gasteiger partial charge in [0.15, 0.2) is 5.78 Å². The van der Waals surface area contributed by atoms with Crippen molar-refractivity contribution in [3.63, 3.8) is 0 Å². The Morgan fingerprint density at radius 2 is 1.65 bits per heavy atom. The van der Waals surface area contributed by atoms with Crippen molar-refractivity contribution >= 4 is 5.78 Å². The number of rotatable bonds is 13. The van der Waals surface area contributed by atoms with Gasteiger partial charge in [0.05, 0.1) is 0 Å². The summed E-state index contributed by atoms with van der Waals surface area (Å²) >= 11 is 0. The number of carbonyl (C=O) groups excluding carboxylic acids is 1. The van der Waals surface area contributed by atoms with E-state index in [1.807, 2.05) is 0 Å². The van der Waals surface area contributed by atoms with E-state index in [9.17, 15) is 4.79 Å². The molecule has 0 saturated heterocycles. The number of hydrogen-bond donors (Lipinski definition) is 1. The molecule has 0 spiro atoms. The van der Waals surface area contributed by atoms with Gasteiger partial charge >= 0.3 is 0 Å². The van der Waals surface area contributed by atoms with E-state index >= 15 is 0 Å². The van der Waals surface area contributed by atoms with Gasteiger partial charge < -0.3 is 0 Å². The summed E-state index contributed by atoms with van der Waals surface area (Å²) in [7, 11) is 0. The highest BCUT2D eigenvalue weighted by atomic mass is 16.7. The van der Waals surface area contributed by atoms with Gasteiger partial charge in [0.1, 0.15) is 6.10 Å². The van der Waals surface area contributed by atoms with Crippen LogP contribution in [0.3, 0.4) is 0 Å². The molecule has 0 heterocycles. The van der Waals surface area contributed by atoms with Crippen molar-refractivity contribution in [2.75, 3.05) is 0 Å². The van der Waals surface area contributed by atoms with Crippen molar-refractivity contribution in [1.29, 1.82) is 0 Å². The summed E-state index contributed by atoms with van der Waals surface area (Å²) in [6.07, 6.45) is 10.1. The topological polar surface area (TPSA) is 38.3 Å². The fraction of sp³-hybridized carbons (Fsp3) is 0.941. The summed E-state index contributed by atoms with van der Waals surface area (Å²) in [5.41, 5.74) is 3.02. The van der Waals surface area contributed by atoms with E-state index in [1.54, 1.807) is 6.92 Å². The van der Waals surface area contributed by atoms with Crippen LogP contribution in [0.2, 0.25) is 0 Å². The van der Waals surface area contributed by atoms with Gasteiger partial charge in [-0.1, -0.05) is 58.8 Å². The van der Waals surface area contributed by atoms with Crippen LogP contribution in [0.25, 0.3) is 0 Å². The molecule has 0 rings (SSSR count). The van der Waals surface area contributed by atoms with Crippen molar-refractivity contribution in [3.05, 3.63) is 0 Å². The van der Waals surface area contributed by atoms with Crippen LogP contribution in [0.15, 0.2) is 0 Å². The van der Waals surface area contributed by atoms with E-state index in [2.05, 4.69) is 33.2 Å². The largest absolute Gasteiger partial charge is 0.297 e. The van der Waals surface area contributed by atoms with E-state index < -0.39 is 0 Å². The van der Waals surface area contributed by atoms with E-state index in [0.717, 1.165) is 25.7 Å². The minimum Gasteiger partial charge on any atom is -0.297 e. The Hall–Kier alpha value is -0.410. The lowest BCUT2D eigenvalue weighted by Gasteiger charge is -2.27. The second-order valence-corrected chi connectivity index (χ2v) is 6.51. The maximum absolute atomic E-state index is 11.6. The van der Waals surface area contributed by atoms with Crippen molar-refractivity contribution < 1.29 is 9.63 Å². The zero-order chi connectivity index (χ0) is 15.4.